The van der Waals surface area contributed by atoms with Crippen molar-refractivity contribution in [2.75, 3.05) is 0 Å². The maximum atomic E-state index is 12.3. The Morgan fingerprint density at radius 1 is 1.12 bits per heavy atom. The summed E-state index contributed by atoms with van der Waals surface area (Å²) in [5, 5.41) is 3.29. The second-order valence-corrected chi connectivity index (χ2v) is 5.94. The number of hydrogen-bond donors (Lipinski definition) is 2. The number of halogens is 2. The van der Waals surface area contributed by atoms with Crippen molar-refractivity contribution in [3.05, 3.63) is 69.7 Å². The average molecular weight is 367 g/mol. The molecule has 2 rings (SSSR count). The molecule has 0 spiro atoms. The number of nitrogens with one attached hydrogen (secondary N) is 1. The molecule has 0 unspecified atom stereocenters. The van der Waals surface area contributed by atoms with Crippen LogP contribution in [-0.4, -0.2) is 18.0 Å². The lowest BCUT2D eigenvalue weighted by molar-refractivity contribution is -0.147. The van der Waals surface area contributed by atoms with Gasteiger partial charge in [-0.15, -0.1) is 0 Å². The quantitative estimate of drug-likeness (QED) is 0.769. The van der Waals surface area contributed by atoms with Crippen LogP contribution >= 0.6 is 23.2 Å². The summed E-state index contributed by atoms with van der Waals surface area (Å²) in [6.45, 7) is -0.0272. The first kappa shape index (κ1) is 18.1. The van der Waals surface area contributed by atoms with Gasteiger partial charge in [0.15, 0.2) is 0 Å². The van der Waals surface area contributed by atoms with Gasteiger partial charge in [-0.05, 0) is 17.7 Å². The van der Waals surface area contributed by atoms with Crippen LogP contribution in [-0.2, 0) is 22.6 Å². The predicted octanol–water partition coefficient (Wildman–Crippen LogP) is 3.32. The monoisotopic (exact) mass is 366 g/mol. The minimum atomic E-state index is -0.879. The fourth-order valence-electron chi connectivity index (χ4n) is 2.10. The van der Waals surface area contributed by atoms with Crippen LogP contribution in [0.2, 0.25) is 10.0 Å². The van der Waals surface area contributed by atoms with Crippen LogP contribution in [0.5, 0.6) is 0 Å². The first-order valence-corrected chi connectivity index (χ1v) is 7.92. The molecule has 0 aromatic heterocycles. The van der Waals surface area contributed by atoms with Gasteiger partial charge in [0.05, 0.1) is 0 Å². The molecule has 3 N–H and O–H groups in total. The molecule has 2 aromatic rings. The number of benzene rings is 2. The highest BCUT2D eigenvalue weighted by molar-refractivity contribution is 6.35. The molecule has 0 aliphatic heterocycles. The van der Waals surface area contributed by atoms with Gasteiger partial charge in [0.1, 0.15) is 12.6 Å². The lowest BCUT2D eigenvalue weighted by Crippen LogP contribution is -2.45. The number of rotatable bonds is 6. The van der Waals surface area contributed by atoms with E-state index in [0.29, 0.717) is 15.6 Å². The molecular weight excluding hydrogens is 351 g/mol. The van der Waals surface area contributed by atoms with E-state index in [1.54, 1.807) is 18.2 Å². The van der Waals surface area contributed by atoms with Crippen molar-refractivity contribution >= 4 is 35.2 Å². The van der Waals surface area contributed by atoms with E-state index in [1.807, 2.05) is 30.3 Å². The summed E-state index contributed by atoms with van der Waals surface area (Å²) in [7, 11) is 0. The normalized spacial score (nSPS) is 11.6. The zero-order valence-corrected chi connectivity index (χ0v) is 14.2. The Morgan fingerprint density at radius 2 is 1.83 bits per heavy atom. The van der Waals surface area contributed by atoms with Crippen LogP contribution in [0.15, 0.2) is 48.5 Å². The van der Waals surface area contributed by atoms with Crippen molar-refractivity contribution in [1.82, 2.24) is 5.32 Å². The number of primary amides is 1. The Balaban J connectivity index is 2.03. The van der Waals surface area contributed by atoms with Gasteiger partial charge in [0.25, 0.3) is 0 Å². The lowest BCUT2D eigenvalue weighted by Gasteiger charge is -2.17. The summed E-state index contributed by atoms with van der Waals surface area (Å²) in [5.74, 6) is -0.594. The molecule has 0 saturated carbocycles. The number of hydrogen-bond acceptors (Lipinski definition) is 3. The summed E-state index contributed by atoms with van der Waals surface area (Å²) in [6, 6.07) is 12.5. The van der Waals surface area contributed by atoms with E-state index < -0.39 is 18.0 Å². The largest absolute Gasteiger partial charge is 0.459 e. The lowest BCUT2D eigenvalue weighted by atomic mass is 10.1. The third-order valence-corrected chi connectivity index (χ3v) is 3.86. The molecule has 0 aliphatic carbocycles. The van der Waals surface area contributed by atoms with E-state index in [9.17, 15) is 9.59 Å². The van der Waals surface area contributed by atoms with Crippen LogP contribution in [0.1, 0.15) is 11.1 Å². The SMILES string of the molecule is NC(=O)N[C@@H](Cc1ccccc1)C(=O)OCc1ccc(Cl)cc1Cl. The molecule has 7 heteroatoms. The number of ether oxygens (including phenoxy) is 1. The highest BCUT2D eigenvalue weighted by Gasteiger charge is 2.22. The Labute approximate surface area is 149 Å². The molecule has 1 atom stereocenters. The molecule has 0 heterocycles. The van der Waals surface area contributed by atoms with Crippen molar-refractivity contribution in [3.63, 3.8) is 0 Å². The smallest absolute Gasteiger partial charge is 0.329 e. The Morgan fingerprint density at radius 3 is 2.46 bits per heavy atom. The summed E-state index contributed by atoms with van der Waals surface area (Å²) >= 11 is 11.9. The van der Waals surface area contributed by atoms with E-state index in [2.05, 4.69) is 5.32 Å². The standard InChI is InChI=1S/C17H16Cl2N2O3/c18-13-7-6-12(14(19)9-13)10-24-16(22)15(21-17(20)23)8-11-4-2-1-3-5-11/h1-7,9,15H,8,10H2,(H3,20,21,23)/t15-/m0/s1. The minimum absolute atomic E-state index is 0.0272. The summed E-state index contributed by atoms with van der Waals surface area (Å²) in [5.41, 5.74) is 6.63. The van der Waals surface area contributed by atoms with E-state index in [0.717, 1.165) is 5.56 Å². The number of carbonyl (C=O) groups is 2. The van der Waals surface area contributed by atoms with Crippen molar-refractivity contribution in [3.8, 4) is 0 Å². The van der Waals surface area contributed by atoms with Crippen LogP contribution in [0, 0.1) is 0 Å². The molecule has 2 aromatic carbocycles. The molecule has 24 heavy (non-hydrogen) atoms. The molecule has 0 radical (unpaired) electrons. The van der Waals surface area contributed by atoms with E-state index in [1.165, 1.54) is 0 Å². The first-order valence-electron chi connectivity index (χ1n) is 7.16. The number of urea groups is 1. The van der Waals surface area contributed by atoms with Crippen LogP contribution in [0.3, 0.4) is 0 Å². The maximum Gasteiger partial charge on any atom is 0.329 e. The van der Waals surface area contributed by atoms with Gasteiger partial charge in [-0.3, -0.25) is 0 Å². The topological polar surface area (TPSA) is 81.4 Å². The van der Waals surface area contributed by atoms with Crippen molar-refractivity contribution in [2.45, 2.75) is 19.1 Å². The predicted molar refractivity (Wildman–Crippen MR) is 92.9 cm³/mol. The maximum absolute atomic E-state index is 12.3. The zero-order valence-electron chi connectivity index (χ0n) is 12.7. The summed E-state index contributed by atoms with van der Waals surface area (Å²) < 4.78 is 5.25. The fourth-order valence-corrected chi connectivity index (χ4v) is 2.57. The molecule has 2 amide bonds. The van der Waals surface area contributed by atoms with Gasteiger partial charge in [-0.25, -0.2) is 9.59 Å². The van der Waals surface area contributed by atoms with E-state index in [-0.39, 0.29) is 13.0 Å². The van der Waals surface area contributed by atoms with Crippen LogP contribution in [0.4, 0.5) is 4.79 Å². The van der Waals surface area contributed by atoms with Gasteiger partial charge in [-0.2, -0.15) is 0 Å². The van der Waals surface area contributed by atoms with Gasteiger partial charge in [0, 0.05) is 22.0 Å². The molecule has 126 valence electrons. The minimum Gasteiger partial charge on any atom is -0.459 e. The van der Waals surface area contributed by atoms with Crippen molar-refractivity contribution in [2.24, 2.45) is 5.73 Å². The highest BCUT2D eigenvalue weighted by atomic mass is 35.5. The van der Waals surface area contributed by atoms with E-state index in [4.69, 9.17) is 33.7 Å². The third-order valence-electron chi connectivity index (χ3n) is 3.27. The van der Waals surface area contributed by atoms with Gasteiger partial charge < -0.3 is 15.8 Å². The van der Waals surface area contributed by atoms with Gasteiger partial charge >= 0.3 is 12.0 Å². The van der Waals surface area contributed by atoms with Gasteiger partial charge in [0.2, 0.25) is 0 Å². The molecule has 0 fully saturated rings. The van der Waals surface area contributed by atoms with Crippen molar-refractivity contribution in [1.29, 1.82) is 0 Å². The molecule has 0 saturated heterocycles. The molecule has 0 bridgehead atoms. The first-order chi connectivity index (χ1) is 11.5. The highest BCUT2D eigenvalue weighted by Crippen LogP contribution is 2.21. The zero-order chi connectivity index (χ0) is 17.5. The second-order valence-electron chi connectivity index (χ2n) is 5.09. The Bertz CT molecular complexity index is 723. The number of amides is 2. The fraction of sp³-hybridized carbons (Fsp3) is 0.176. The summed E-state index contributed by atoms with van der Waals surface area (Å²) in [6.07, 6.45) is 0.275. The van der Waals surface area contributed by atoms with Crippen LogP contribution < -0.4 is 11.1 Å². The third kappa shape index (κ3) is 5.44. The second kappa shape index (κ2) is 8.57. The molecule has 5 nitrogen and oxygen atoms in total. The number of carbonyl (C=O) groups excluding carboxylic acids is 2. The number of nitrogens with two attached hydrogens (primary N) is 1. The average Bonchev–Trinajstić information content (AvgIpc) is 2.53. The van der Waals surface area contributed by atoms with E-state index >= 15 is 0 Å². The Kier molecular flexibility index (Phi) is 6.46. The number of esters is 1. The molecular formula is C17H16Cl2N2O3. The van der Waals surface area contributed by atoms with Crippen LogP contribution in [0.25, 0.3) is 0 Å². The Hall–Kier alpha value is -2.24. The van der Waals surface area contributed by atoms with Gasteiger partial charge in [-0.1, -0.05) is 59.6 Å². The molecule has 0 aliphatic rings. The summed E-state index contributed by atoms with van der Waals surface area (Å²) in [4.78, 5) is 23.4. The van der Waals surface area contributed by atoms with Crippen molar-refractivity contribution < 1.29 is 14.3 Å².